The maximum absolute atomic E-state index is 13.3. The van der Waals surface area contributed by atoms with Crippen molar-refractivity contribution < 1.29 is 14.4 Å². The second-order valence-electron chi connectivity index (χ2n) is 9.72. The highest BCUT2D eigenvalue weighted by Crippen LogP contribution is 2.48. The number of hydrogen-bond donors (Lipinski definition) is 2. The third-order valence-electron chi connectivity index (χ3n) is 7.67. The molecule has 154 valence electrons. The zero-order chi connectivity index (χ0) is 20.4. The topological polar surface area (TPSA) is 81.8 Å². The van der Waals surface area contributed by atoms with Gasteiger partial charge in [-0.15, -0.1) is 0 Å². The predicted octanol–water partition coefficient (Wildman–Crippen LogP) is 0.879. The normalized spacial score (nSPS) is 34.5. The van der Waals surface area contributed by atoms with Crippen LogP contribution in [0.3, 0.4) is 0 Å². The first-order chi connectivity index (χ1) is 13.8. The van der Waals surface area contributed by atoms with Gasteiger partial charge >= 0.3 is 0 Å². The fourth-order valence-corrected chi connectivity index (χ4v) is 5.75. The lowest BCUT2D eigenvalue weighted by Gasteiger charge is -2.31. The number of fused-ring (bicyclic) bond motifs is 2. The number of nitrogens with zero attached hydrogens (tertiary/aromatic N) is 2. The zero-order valence-electron chi connectivity index (χ0n) is 17.1. The van der Waals surface area contributed by atoms with Crippen LogP contribution in [-0.2, 0) is 22.7 Å². The van der Waals surface area contributed by atoms with Gasteiger partial charge in [-0.2, -0.15) is 0 Å². The number of benzene rings is 1. The van der Waals surface area contributed by atoms with Gasteiger partial charge in [0.1, 0.15) is 6.04 Å². The highest BCUT2D eigenvalue weighted by atomic mass is 16.2. The van der Waals surface area contributed by atoms with Crippen LogP contribution >= 0.6 is 0 Å². The average molecular weight is 396 g/mol. The summed E-state index contributed by atoms with van der Waals surface area (Å²) in [5.41, 5.74) is 3.29. The largest absolute Gasteiger partial charge is 0.322 e. The highest BCUT2D eigenvalue weighted by Gasteiger charge is 2.54. The van der Waals surface area contributed by atoms with Gasteiger partial charge in [-0.05, 0) is 17.5 Å². The Kier molecular flexibility index (Phi) is 4.12. The summed E-state index contributed by atoms with van der Waals surface area (Å²) in [7, 11) is 0. The lowest BCUT2D eigenvalue weighted by molar-refractivity contribution is -0.136. The van der Waals surface area contributed by atoms with Gasteiger partial charge < -0.3 is 10.2 Å². The summed E-state index contributed by atoms with van der Waals surface area (Å²) >= 11 is 0. The molecule has 7 nitrogen and oxygen atoms in total. The van der Waals surface area contributed by atoms with E-state index in [2.05, 4.69) is 29.4 Å². The van der Waals surface area contributed by atoms with Crippen molar-refractivity contribution in [1.29, 1.82) is 0 Å². The number of imide groups is 1. The van der Waals surface area contributed by atoms with Crippen molar-refractivity contribution >= 4 is 17.7 Å². The molecular weight excluding hydrogens is 368 g/mol. The van der Waals surface area contributed by atoms with E-state index in [1.807, 2.05) is 18.2 Å². The zero-order valence-corrected chi connectivity index (χ0v) is 17.1. The molecule has 0 saturated carbocycles. The number of nitrogens with one attached hydrogen (secondary N) is 2. The van der Waals surface area contributed by atoms with Crippen molar-refractivity contribution in [3.05, 3.63) is 34.9 Å². The number of carbonyl (C=O) groups is 3. The number of carbonyl (C=O) groups excluding carboxylic acids is 3. The molecule has 3 atom stereocenters. The minimum Gasteiger partial charge on any atom is -0.322 e. The molecule has 2 N–H and O–H groups in total. The number of piperidine rings is 1. The Labute approximate surface area is 170 Å². The van der Waals surface area contributed by atoms with Crippen LogP contribution in [0.4, 0.5) is 0 Å². The molecule has 0 aromatic heterocycles. The van der Waals surface area contributed by atoms with Crippen molar-refractivity contribution in [2.75, 3.05) is 26.2 Å². The molecule has 3 fully saturated rings. The summed E-state index contributed by atoms with van der Waals surface area (Å²) in [6.45, 7) is 10.0. The summed E-state index contributed by atoms with van der Waals surface area (Å²) in [4.78, 5) is 41.1. The van der Waals surface area contributed by atoms with Crippen molar-refractivity contribution in [2.24, 2.45) is 10.8 Å². The summed E-state index contributed by atoms with van der Waals surface area (Å²) in [5.74, 6) is -0.694. The fraction of sp³-hybridized carbons (Fsp3) is 0.591. The molecule has 0 radical (unpaired) electrons. The van der Waals surface area contributed by atoms with Gasteiger partial charge in [0.25, 0.3) is 5.91 Å². The number of hydrogen-bond acceptors (Lipinski definition) is 5. The number of likely N-dealkylation sites (tertiary alicyclic amines) is 1. The Morgan fingerprint density at radius 2 is 1.83 bits per heavy atom. The predicted molar refractivity (Wildman–Crippen MR) is 107 cm³/mol. The van der Waals surface area contributed by atoms with Gasteiger partial charge in [0, 0.05) is 62.1 Å². The van der Waals surface area contributed by atoms with Crippen LogP contribution in [0.25, 0.3) is 0 Å². The first kappa shape index (κ1) is 18.8. The molecule has 4 aliphatic heterocycles. The standard InChI is InChI=1S/C22H28N4O3/c1-21-10-23-11-22(21,2)13-25(12-21)8-14-4-3-5-15-9-26(20(29)18(14)15)16-6-7-17(27)24-19(16)28/h3-5,16,23H,6-13H2,1-2H3,(H,24,27,28)/t16?,21-,22+. The third-order valence-corrected chi connectivity index (χ3v) is 7.67. The minimum atomic E-state index is -0.560. The molecule has 7 heteroatoms. The monoisotopic (exact) mass is 396 g/mol. The van der Waals surface area contributed by atoms with E-state index in [1.54, 1.807) is 4.90 Å². The van der Waals surface area contributed by atoms with Gasteiger partial charge in [-0.3, -0.25) is 24.6 Å². The van der Waals surface area contributed by atoms with Gasteiger partial charge in [0.05, 0.1) is 0 Å². The van der Waals surface area contributed by atoms with Crippen LogP contribution in [-0.4, -0.2) is 59.7 Å². The molecule has 3 saturated heterocycles. The lowest BCUT2D eigenvalue weighted by atomic mass is 9.71. The second kappa shape index (κ2) is 6.37. The molecule has 0 aliphatic carbocycles. The molecule has 4 heterocycles. The quantitative estimate of drug-likeness (QED) is 0.742. The molecule has 1 aromatic rings. The molecule has 5 rings (SSSR count). The van der Waals surface area contributed by atoms with Crippen molar-refractivity contribution in [2.45, 2.75) is 45.8 Å². The van der Waals surface area contributed by atoms with Crippen LogP contribution in [0.15, 0.2) is 18.2 Å². The van der Waals surface area contributed by atoms with Crippen LogP contribution < -0.4 is 10.6 Å². The summed E-state index contributed by atoms with van der Waals surface area (Å²) in [6, 6.07) is 5.47. The van der Waals surface area contributed by atoms with E-state index >= 15 is 0 Å². The molecule has 1 aromatic carbocycles. The molecule has 29 heavy (non-hydrogen) atoms. The fourth-order valence-electron chi connectivity index (χ4n) is 5.75. The van der Waals surface area contributed by atoms with E-state index in [0.717, 1.165) is 49.4 Å². The first-order valence-electron chi connectivity index (χ1n) is 10.5. The van der Waals surface area contributed by atoms with Crippen LogP contribution in [0.1, 0.15) is 48.2 Å². The van der Waals surface area contributed by atoms with Crippen LogP contribution in [0.5, 0.6) is 0 Å². The Morgan fingerprint density at radius 1 is 1.10 bits per heavy atom. The van der Waals surface area contributed by atoms with E-state index in [0.29, 0.717) is 13.0 Å². The van der Waals surface area contributed by atoms with Crippen molar-refractivity contribution in [1.82, 2.24) is 20.4 Å². The SMILES string of the molecule is C[C@@]12CNC[C@]1(C)CN(Cc1cccc3c1C(=O)N(C1CCC(=O)NC1=O)C3)C2. The minimum absolute atomic E-state index is 0.0800. The Morgan fingerprint density at radius 3 is 2.52 bits per heavy atom. The molecular formula is C22H28N4O3. The van der Waals surface area contributed by atoms with Gasteiger partial charge in [0.15, 0.2) is 0 Å². The Hall–Kier alpha value is -2.25. The van der Waals surface area contributed by atoms with E-state index in [-0.39, 0.29) is 35.0 Å². The van der Waals surface area contributed by atoms with E-state index in [4.69, 9.17) is 0 Å². The lowest BCUT2D eigenvalue weighted by Crippen LogP contribution is -2.52. The maximum atomic E-state index is 13.3. The average Bonchev–Trinajstić information content (AvgIpc) is 3.20. The van der Waals surface area contributed by atoms with E-state index in [1.165, 1.54) is 0 Å². The maximum Gasteiger partial charge on any atom is 0.255 e. The molecule has 4 aliphatic rings. The number of amides is 3. The van der Waals surface area contributed by atoms with Crippen molar-refractivity contribution in [3.63, 3.8) is 0 Å². The molecule has 3 amide bonds. The molecule has 1 unspecified atom stereocenters. The molecule has 0 spiro atoms. The van der Waals surface area contributed by atoms with Gasteiger partial charge in [-0.25, -0.2) is 0 Å². The van der Waals surface area contributed by atoms with Gasteiger partial charge in [-0.1, -0.05) is 32.0 Å². The van der Waals surface area contributed by atoms with E-state index < -0.39 is 6.04 Å². The van der Waals surface area contributed by atoms with Crippen molar-refractivity contribution in [3.8, 4) is 0 Å². The second-order valence-corrected chi connectivity index (χ2v) is 9.72. The van der Waals surface area contributed by atoms with Crippen LogP contribution in [0.2, 0.25) is 0 Å². The van der Waals surface area contributed by atoms with E-state index in [9.17, 15) is 14.4 Å². The Bertz CT molecular complexity index is 897. The number of rotatable bonds is 3. The first-order valence-corrected chi connectivity index (χ1v) is 10.5. The van der Waals surface area contributed by atoms with Gasteiger partial charge in [0.2, 0.25) is 11.8 Å². The molecule has 0 bridgehead atoms. The summed E-state index contributed by atoms with van der Waals surface area (Å²) in [6.07, 6.45) is 0.679. The Balaban J connectivity index is 1.37. The summed E-state index contributed by atoms with van der Waals surface area (Å²) in [5, 5.41) is 5.91. The highest BCUT2D eigenvalue weighted by molar-refractivity contribution is 6.05. The smallest absolute Gasteiger partial charge is 0.255 e. The summed E-state index contributed by atoms with van der Waals surface area (Å²) < 4.78 is 0. The van der Waals surface area contributed by atoms with Crippen LogP contribution in [0, 0.1) is 10.8 Å². The third kappa shape index (κ3) is 2.82.